The fourth-order valence-corrected chi connectivity index (χ4v) is 2.00. The molecule has 3 heteroatoms. The molecule has 1 N–H and O–H groups in total. The fraction of sp³-hybridized carbons (Fsp3) is 0.267. The highest BCUT2D eigenvalue weighted by Crippen LogP contribution is 2.18. The van der Waals surface area contributed by atoms with Crippen LogP contribution < -0.4 is 0 Å². The van der Waals surface area contributed by atoms with Gasteiger partial charge in [0.25, 0.3) is 0 Å². The van der Waals surface area contributed by atoms with Gasteiger partial charge in [0.1, 0.15) is 5.82 Å². The van der Waals surface area contributed by atoms with Gasteiger partial charge < -0.3 is 9.67 Å². The Kier molecular flexibility index (Phi) is 3.95. The number of fused-ring (bicyclic) bond motifs is 1. The maximum absolute atomic E-state index is 8.95. The molecule has 0 radical (unpaired) electrons. The Morgan fingerprint density at radius 1 is 1.39 bits per heavy atom. The zero-order chi connectivity index (χ0) is 13.0. The third-order valence-corrected chi connectivity index (χ3v) is 2.94. The van der Waals surface area contributed by atoms with Gasteiger partial charge >= 0.3 is 0 Å². The van der Waals surface area contributed by atoms with Crippen molar-refractivity contribution >= 4 is 11.0 Å². The lowest BCUT2D eigenvalue weighted by Crippen LogP contribution is -2.05. The molecule has 0 fully saturated rings. The van der Waals surface area contributed by atoms with E-state index in [1.54, 1.807) is 6.08 Å². The van der Waals surface area contributed by atoms with E-state index < -0.39 is 0 Å². The molecule has 0 spiro atoms. The Balaban J connectivity index is 2.43. The third-order valence-electron chi connectivity index (χ3n) is 2.94. The van der Waals surface area contributed by atoms with E-state index in [9.17, 15) is 0 Å². The molecule has 0 aliphatic rings. The maximum Gasteiger partial charge on any atom is 0.110 e. The number of aromatic nitrogens is 2. The number of aliphatic hydroxyl groups is 1. The zero-order valence-electron chi connectivity index (χ0n) is 10.5. The molecule has 1 aromatic heterocycles. The normalized spacial score (nSPS) is 10.7. The van der Waals surface area contributed by atoms with Gasteiger partial charge in [-0.05, 0) is 24.1 Å². The lowest BCUT2D eigenvalue weighted by Gasteiger charge is -2.08. The number of allylic oxidation sites excluding steroid dienone is 2. The van der Waals surface area contributed by atoms with Crippen molar-refractivity contribution in [2.45, 2.75) is 19.4 Å². The smallest absolute Gasteiger partial charge is 0.110 e. The fourth-order valence-electron chi connectivity index (χ4n) is 2.00. The summed E-state index contributed by atoms with van der Waals surface area (Å²) in [5.74, 6) is 0.994. The summed E-state index contributed by atoms with van der Waals surface area (Å²) in [5, 5.41) is 8.95. The first-order valence-corrected chi connectivity index (χ1v) is 6.11. The maximum atomic E-state index is 8.95. The first-order valence-electron chi connectivity index (χ1n) is 6.11. The van der Waals surface area contributed by atoms with Gasteiger partial charge in [-0.25, -0.2) is 4.98 Å². The number of benzene rings is 1. The van der Waals surface area contributed by atoms with Crippen LogP contribution in [0.2, 0.25) is 0 Å². The largest absolute Gasteiger partial charge is 0.396 e. The van der Waals surface area contributed by atoms with Crippen molar-refractivity contribution in [3.05, 3.63) is 54.9 Å². The molecule has 0 amide bonds. The van der Waals surface area contributed by atoms with E-state index in [4.69, 9.17) is 5.11 Å². The standard InChI is InChI=1S/C15H18N2O/c1-3-12(2)11-17-14-8-5-4-7-13(14)16-15(17)9-6-10-18/h3-5,7-8,18H,1-2,6,9-11H2. The van der Waals surface area contributed by atoms with Gasteiger partial charge in [0.05, 0.1) is 11.0 Å². The Morgan fingerprint density at radius 2 is 2.17 bits per heavy atom. The molecule has 0 atom stereocenters. The second-order valence-corrected chi connectivity index (χ2v) is 4.29. The van der Waals surface area contributed by atoms with Gasteiger partial charge in [0.2, 0.25) is 0 Å². The number of aryl methyl sites for hydroxylation is 1. The highest BCUT2D eigenvalue weighted by Gasteiger charge is 2.09. The third kappa shape index (κ3) is 2.51. The first kappa shape index (κ1) is 12.6. The van der Waals surface area contributed by atoms with E-state index in [-0.39, 0.29) is 6.61 Å². The van der Waals surface area contributed by atoms with Crippen molar-refractivity contribution in [2.75, 3.05) is 6.61 Å². The van der Waals surface area contributed by atoms with Gasteiger partial charge in [-0.1, -0.05) is 31.4 Å². The number of rotatable bonds is 6. The Hall–Kier alpha value is -1.87. The van der Waals surface area contributed by atoms with Crippen LogP contribution in [0, 0.1) is 0 Å². The minimum Gasteiger partial charge on any atom is -0.396 e. The van der Waals surface area contributed by atoms with Gasteiger partial charge in [-0.15, -0.1) is 0 Å². The second kappa shape index (κ2) is 5.65. The Bertz CT molecular complexity index is 569. The first-order chi connectivity index (χ1) is 8.76. The molecule has 2 aromatic rings. The Labute approximate surface area is 107 Å². The van der Waals surface area contributed by atoms with Crippen LogP contribution in [-0.4, -0.2) is 21.3 Å². The van der Waals surface area contributed by atoms with Crippen LogP contribution in [0.1, 0.15) is 12.2 Å². The number of nitrogens with zero attached hydrogens (tertiary/aromatic N) is 2. The summed E-state index contributed by atoms with van der Waals surface area (Å²) in [6.45, 7) is 8.59. The number of hydrogen-bond acceptors (Lipinski definition) is 2. The van der Waals surface area contributed by atoms with Crippen molar-refractivity contribution in [1.29, 1.82) is 0 Å². The minimum atomic E-state index is 0.186. The van der Waals surface area contributed by atoms with Crippen LogP contribution in [0.3, 0.4) is 0 Å². The summed E-state index contributed by atoms with van der Waals surface area (Å²) < 4.78 is 2.15. The highest BCUT2D eigenvalue weighted by molar-refractivity contribution is 5.76. The monoisotopic (exact) mass is 242 g/mol. The second-order valence-electron chi connectivity index (χ2n) is 4.29. The van der Waals surface area contributed by atoms with Gasteiger partial charge in [0.15, 0.2) is 0 Å². The predicted octanol–water partition coefficient (Wildman–Crippen LogP) is 2.70. The summed E-state index contributed by atoms with van der Waals surface area (Å²) in [6.07, 6.45) is 3.27. The molecule has 0 aliphatic heterocycles. The Morgan fingerprint density at radius 3 is 2.89 bits per heavy atom. The average Bonchev–Trinajstić information content (AvgIpc) is 2.74. The van der Waals surface area contributed by atoms with Crippen LogP contribution in [0.5, 0.6) is 0 Å². The molecule has 94 valence electrons. The zero-order valence-corrected chi connectivity index (χ0v) is 10.5. The molecule has 0 saturated heterocycles. The van der Waals surface area contributed by atoms with Crippen LogP contribution >= 0.6 is 0 Å². The topological polar surface area (TPSA) is 38.0 Å². The van der Waals surface area contributed by atoms with Crippen molar-refractivity contribution < 1.29 is 5.11 Å². The van der Waals surface area contributed by atoms with Crippen molar-refractivity contribution in [3.8, 4) is 0 Å². The molecule has 0 saturated carbocycles. The van der Waals surface area contributed by atoms with Gasteiger partial charge in [0, 0.05) is 19.6 Å². The number of imidazole rings is 1. The van der Waals surface area contributed by atoms with E-state index in [1.165, 1.54) is 0 Å². The molecule has 0 bridgehead atoms. The van der Waals surface area contributed by atoms with Crippen molar-refractivity contribution in [3.63, 3.8) is 0 Å². The number of aliphatic hydroxyl groups excluding tert-OH is 1. The molecule has 18 heavy (non-hydrogen) atoms. The molecule has 1 aromatic carbocycles. The quantitative estimate of drug-likeness (QED) is 0.791. The molecule has 0 aliphatic carbocycles. The van der Waals surface area contributed by atoms with Gasteiger partial charge in [-0.3, -0.25) is 0 Å². The van der Waals surface area contributed by atoms with E-state index in [2.05, 4.69) is 28.8 Å². The van der Waals surface area contributed by atoms with Crippen molar-refractivity contribution in [2.24, 2.45) is 0 Å². The lowest BCUT2D eigenvalue weighted by atomic mass is 10.2. The summed E-state index contributed by atoms with van der Waals surface area (Å²) in [5.41, 5.74) is 3.05. The average molecular weight is 242 g/mol. The van der Waals surface area contributed by atoms with Crippen LogP contribution in [0.4, 0.5) is 0 Å². The van der Waals surface area contributed by atoms with E-state index in [0.29, 0.717) is 6.54 Å². The molecular formula is C15H18N2O. The minimum absolute atomic E-state index is 0.186. The molecule has 0 unspecified atom stereocenters. The summed E-state index contributed by atoms with van der Waals surface area (Å²) in [4.78, 5) is 4.61. The SMILES string of the molecule is C=CC(=C)Cn1c(CCCO)nc2ccccc21. The summed E-state index contributed by atoms with van der Waals surface area (Å²) >= 11 is 0. The molecular weight excluding hydrogens is 224 g/mol. The van der Waals surface area contributed by atoms with Crippen molar-refractivity contribution in [1.82, 2.24) is 9.55 Å². The van der Waals surface area contributed by atoms with Gasteiger partial charge in [-0.2, -0.15) is 0 Å². The van der Waals surface area contributed by atoms with E-state index in [0.717, 1.165) is 35.3 Å². The predicted molar refractivity (Wildman–Crippen MR) is 74.5 cm³/mol. The highest BCUT2D eigenvalue weighted by atomic mass is 16.2. The summed E-state index contributed by atoms with van der Waals surface area (Å²) in [7, 11) is 0. The van der Waals surface area contributed by atoms with E-state index in [1.807, 2.05) is 18.2 Å². The molecule has 1 heterocycles. The van der Waals surface area contributed by atoms with Crippen LogP contribution in [0.25, 0.3) is 11.0 Å². The lowest BCUT2D eigenvalue weighted by molar-refractivity contribution is 0.287. The summed E-state index contributed by atoms with van der Waals surface area (Å²) in [6, 6.07) is 8.05. The van der Waals surface area contributed by atoms with Crippen LogP contribution in [-0.2, 0) is 13.0 Å². The van der Waals surface area contributed by atoms with Crippen LogP contribution in [0.15, 0.2) is 49.1 Å². The number of hydrogen-bond donors (Lipinski definition) is 1. The van der Waals surface area contributed by atoms with E-state index >= 15 is 0 Å². The molecule has 3 nitrogen and oxygen atoms in total. The molecule has 2 rings (SSSR count). The number of para-hydroxylation sites is 2.